The molecule has 0 aliphatic rings. The molecular weight excluding hydrogens is 300 g/mol. The van der Waals surface area contributed by atoms with E-state index in [9.17, 15) is 4.79 Å². The number of aromatic nitrogens is 1. The van der Waals surface area contributed by atoms with Crippen LogP contribution < -0.4 is 10.1 Å². The minimum absolute atomic E-state index is 0.220. The second kappa shape index (κ2) is 5.68. The molecule has 0 spiro atoms. The summed E-state index contributed by atoms with van der Waals surface area (Å²) in [6, 6.07) is 6.92. The molecule has 1 heterocycles. The Bertz CT molecular complexity index is 540. The van der Waals surface area contributed by atoms with Gasteiger partial charge in [0.2, 0.25) is 0 Å². The Hall–Kier alpha value is -1.82. The van der Waals surface area contributed by atoms with Gasteiger partial charge in [-0.15, -0.1) is 0 Å². The maximum absolute atomic E-state index is 12.0. The van der Waals surface area contributed by atoms with Crippen LogP contribution in [-0.2, 0) is 6.54 Å². The van der Waals surface area contributed by atoms with Crippen LogP contribution in [0.15, 0.2) is 39.5 Å². The van der Waals surface area contributed by atoms with Crippen molar-refractivity contribution in [1.29, 1.82) is 0 Å². The molecule has 1 aromatic carbocycles. The van der Waals surface area contributed by atoms with Crippen molar-refractivity contribution < 1.29 is 14.1 Å². The smallest absolute Gasteiger partial charge is 0.255 e. The Morgan fingerprint density at radius 3 is 3.00 bits per heavy atom. The van der Waals surface area contributed by atoms with Crippen molar-refractivity contribution in [2.24, 2.45) is 0 Å². The molecule has 2 aromatic rings. The Labute approximate surface area is 112 Å². The summed E-state index contributed by atoms with van der Waals surface area (Å²) in [7, 11) is 1.52. The van der Waals surface area contributed by atoms with E-state index >= 15 is 0 Å². The van der Waals surface area contributed by atoms with Gasteiger partial charge in [0, 0.05) is 10.5 Å². The lowest BCUT2D eigenvalue weighted by Gasteiger charge is -2.08. The Balaban J connectivity index is 2.09. The third-order valence-electron chi connectivity index (χ3n) is 2.33. The molecule has 0 atom stereocenters. The van der Waals surface area contributed by atoms with Gasteiger partial charge in [0.1, 0.15) is 17.7 Å². The molecule has 0 unspecified atom stereocenters. The summed E-state index contributed by atoms with van der Waals surface area (Å²) in [6.07, 6.45) is 1.46. The van der Waals surface area contributed by atoms with Crippen LogP contribution in [0.5, 0.6) is 5.75 Å². The van der Waals surface area contributed by atoms with Crippen molar-refractivity contribution in [1.82, 2.24) is 10.5 Å². The first-order valence-corrected chi connectivity index (χ1v) is 6.01. The highest BCUT2D eigenvalue weighted by Crippen LogP contribution is 2.23. The molecule has 0 radical (unpaired) electrons. The average Bonchev–Trinajstić information content (AvgIpc) is 2.88. The van der Waals surface area contributed by atoms with E-state index in [4.69, 9.17) is 4.74 Å². The van der Waals surface area contributed by atoms with E-state index in [0.29, 0.717) is 23.6 Å². The van der Waals surface area contributed by atoms with E-state index in [-0.39, 0.29) is 5.91 Å². The first kappa shape index (κ1) is 12.6. The summed E-state index contributed by atoms with van der Waals surface area (Å²) >= 11 is 3.32. The number of ether oxygens (including phenoxy) is 1. The average molecular weight is 311 g/mol. The first-order valence-electron chi connectivity index (χ1n) is 5.21. The number of halogens is 1. The number of rotatable bonds is 4. The van der Waals surface area contributed by atoms with Crippen LogP contribution in [0, 0.1) is 0 Å². The van der Waals surface area contributed by atoms with Gasteiger partial charge < -0.3 is 14.6 Å². The van der Waals surface area contributed by atoms with Crippen molar-refractivity contribution in [2.75, 3.05) is 7.11 Å². The number of nitrogens with zero attached hydrogens (tertiary/aromatic N) is 1. The van der Waals surface area contributed by atoms with Crippen LogP contribution in [0.4, 0.5) is 0 Å². The lowest BCUT2D eigenvalue weighted by molar-refractivity contribution is 0.0947. The molecule has 5 nitrogen and oxygen atoms in total. The van der Waals surface area contributed by atoms with E-state index in [2.05, 4.69) is 30.9 Å². The molecule has 2 rings (SSSR count). The summed E-state index contributed by atoms with van der Waals surface area (Å²) in [5.41, 5.74) is 1.14. The van der Waals surface area contributed by atoms with Crippen LogP contribution in [0.25, 0.3) is 0 Å². The number of benzene rings is 1. The molecular formula is C12H11BrN2O3. The molecule has 1 amide bonds. The molecule has 1 aromatic heterocycles. The topological polar surface area (TPSA) is 64.4 Å². The number of amides is 1. The Morgan fingerprint density at radius 2 is 2.33 bits per heavy atom. The zero-order valence-corrected chi connectivity index (χ0v) is 11.2. The predicted molar refractivity (Wildman–Crippen MR) is 68.4 cm³/mol. The van der Waals surface area contributed by atoms with E-state index in [1.807, 2.05) is 0 Å². The van der Waals surface area contributed by atoms with Crippen LogP contribution >= 0.6 is 15.9 Å². The van der Waals surface area contributed by atoms with Gasteiger partial charge in [-0.25, -0.2) is 0 Å². The lowest BCUT2D eigenvalue weighted by atomic mass is 10.2. The maximum Gasteiger partial charge on any atom is 0.255 e. The summed E-state index contributed by atoms with van der Waals surface area (Å²) in [5, 5.41) is 6.45. The highest BCUT2D eigenvalue weighted by molar-refractivity contribution is 9.10. The van der Waals surface area contributed by atoms with Gasteiger partial charge >= 0.3 is 0 Å². The molecule has 0 saturated carbocycles. The number of carbonyl (C=O) groups is 1. The van der Waals surface area contributed by atoms with Crippen LogP contribution in [0.2, 0.25) is 0 Å². The van der Waals surface area contributed by atoms with E-state index < -0.39 is 0 Å². The summed E-state index contributed by atoms with van der Waals surface area (Å²) in [6.45, 7) is 0.314. The van der Waals surface area contributed by atoms with Gasteiger partial charge in [0.05, 0.1) is 19.2 Å². The second-order valence-corrected chi connectivity index (χ2v) is 4.43. The van der Waals surface area contributed by atoms with Gasteiger partial charge in [-0.1, -0.05) is 21.1 Å². The number of methoxy groups -OCH3 is 1. The minimum atomic E-state index is -0.220. The standard InChI is InChI=1S/C12H11BrN2O3/c1-17-11-6-8(13)2-3-10(11)12(16)14-7-9-4-5-18-15-9/h2-6H,7H2,1H3,(H,14,16). The zero-order valence-electron chi connectivity index (χ0n) is 9.64. The fourth-order valence-corrected chi connectivity index (χ4v) is 1.79. The Kier molecular flexibility index (Phi) is 3.99. The quantitative estimate of drug-likeness (QED) is 0.941. The highest BCUT2D eigenvalue weighted by Gasteiger charge is 2.12. The molecule has 0 saturated heterocycles. The van der Waals surface area contributed by atoms with Crippen molar-refractivity contribution in [2.45, 2.75) is 6.54 Å². The third kappa shape index (κ3) is 2.89. The molecule has 0 fully saturated rings. The number of hydrogen-bond donors (Lipinski definition) is 1. The highest BCUT2D eigenvalue weighted by atomic mass is 79.9. The van der Waals surface area contributed by atoms with E-state index in [0.717, 1.165) is 4.47 Å². The number of nitrogens with one attached hydrogen (secondary N) is 1. The molecule has 0 aliphatic carbocycles. The van der Waals surface area contributed by atoms with Gasteiger partial charge in [-0.05, 0) is 18.2 Å². The van der Waals surface area contributed by atoms with Crippen molar-refractivity contribution in [3.63, 3.8) is 0 Å². The molecule has 0 aliphatic heterocycles. The monoisotopic (exact) mass is 310 g/mol. The summed E-state index contributed by atoms with van der Waals surface area (Å²) in [5.74, 6) is 0.296. The largest absolute Gasteiger partial charge is 0.496 e. The summed E-state index contributed by atoms with van der Waals surface area (Å²) in [4.78, 5) is 12.0. The maximum atomic E-state index is 12.0. The normalized spacial score (nSPS) is 10.1. The van der Waals surface area contributed by atoms with Gasteiger partial charge in [-0.3, -0.25) is 4.79 Å². The second-order valence-electron chi connectivity index (χ2n) is 3.52. The number of hydrogen-bond acceptors (Lipinski definition) is 4. The van der Waals surface area contributed by atoms with Crippen molar-refractivity contribution in [3.8, 4) is 5.75 Å². The van der Waals surface area contributed by atoms with Gasteiger partial charge in [-0.2, -0.15) is 0 Å². The van der Waals surface area contributed by atoms with Crippen LogP contribution in [-0.4, -0.2) is 18.2 Å². The fourth-order valence-electron chi connectivity index (χ4n) is 1.45. The molecule has 94 valence electrons. The van der Waals surface area contributed by atoms with Crippen molar-refractivity contribution in [3.05, 3.63) is 46.3 Å². The van der Waals surface area contributed by atoms with E-state index in [1.54, 1.807) is 24.3 Å². The molecule has 0 bridgehead atoms. The predicted octanol–water partition coefficient (Wildman–Crippen LogP) is 2.38. The molecule has 6 heteroatoms. The number of carbonyl (C=O) groups excluding carboxylic acids is 1. The van der Waals surface area contributed by atoms with Crippen LogP contribution in [0.3, 0.4) is 0 Å². The lowest BCUT2D eigenvalue weighted by Crippen LogP contribution is -2.23. The minimum Gasteiger partial charge on any atom is -0.496 e. The Morgan fingerprint density at radius 1 is 1.50 bits per heavy atom. The third-order valence-corrected chi connectivity index (χ3v) is 2.82. The SMILES string of the molecule is COc1cc(Br)ccc1C(=O)NCc1ccon1. The summed E-state index contributed by atoms with van der Waals surface area (Å²) < 4.78 is 10.7. The zero-order chi connectivity index (χ0) is 13.0. The molecule has 18 heavy (non-hydrogen) atoms. The fraction of sp³-hybridized carbons (Fsp3) is 0.167. The van der Waals surface area contributed by atoms with Crippen molar-refractivity contribution >= 4 is 21.8 Å². The van der Waals surface area contributed by atoms with Gasteiger partial charge in [0.15, 0.2) is 0 Å². The first-order chi connectivity index (χ1) is 8.70. The van der Waals surface area contributed by atoms with Crippen LogP contribution in [0.1, 0.15) is 16.1 Å². The van der Waals surface area contributed by atoms with E-state index in [1.165, 1.54) is 13.4 Å². The van der Waals surface area contributed by atoms with Gasteiger partial charge in [0.25, 0.3) is 5.91 Å². The molecule has 1 N–H and O–H groups in total.